The van der Waals surface area contributed by atoms with Crippen LogP contribution in [0, 0.1) is 10.1 Å². The lowest BCUT2D eigenvalue weighted by atomic mass is 10.00. The predicted molar refractivity (Wildman–Crippen MR) is 130 cm³/mol. The van der Waals surface area contributed by atoms with Crippen LogP contribution in [0.25, 0.3) is 0 Å². The first kappa shape index (κ1) is 22.4. The fraction of sp³-hybridized carbons (Fsp3) is 0.0455. The second-order valence-electron chi connectivity index (χ2n) is 6.79. The molecule has 3 aromatic rings. The number of rotatable bonds is 3. The van der Waals surface area contributed by atoms with Crippen molar-refractivity contribution in [2.45, 2.75) is 0 Å². The van der Waals surface area contributed by atoms with Crippen LogP contribution in [-0.4, -0.2) is 29.1 Å². The van der Waals surface area contributed by atoms with Crippen LogP contribution in [-0.2, 0) is 4.84 Å². The van der Waals surface area contributed by atoms with E-state index in [9.17, 15) is 14.9 Å². The zero-order valence-corrected chi connectivity index (χ0v) is 19.1. The largest absolute Gasteiger partial charge is 0.435 e. The van der Waals surface area contributed by atoms with Gasteiger partial charge >= 0.3 is 6.09 Å². The lowest BCUT2D eigenvalue weighted by Crippen LogP contribution is -2.31. The molecule has 3 aromatic carbocycles. The molecule has 0 saturated heterocycles. The molecule has 2 N–H and O–H groups in total. The molecule has 0 atom stereocenters. The number of anilines is 1. The number of amidine groups is 1. The van der Waals surface area contributed by atoms with E-state index < -0.39 is 11.0 Å². The zero-order chi connectivity index (χ0) is 23.4. The van der Waals surface area contributed by atoms with Gasteiger partial charge in [-0.05, 0) is 30.3 Å². The number of carbonyl (C=O) groups is 1. The van der Waals surface area contributed by atoms with Crippen molar-refractivity contribution in [2.75, 3.05) is 11.9 Å². The summed E-state index contributed by atoms with van der Waals surface area (Å²) in [5, 5.41) is 14.3. The van der Waals surface area contributed by atoms with E-state index in [0.29, 0.717) is 33.2 Å². The molecule has 1 aliphatic heterocycles. The van der Waals surface area contributed by atoms with E-state index in [0.717, 1.165) is 4.47 Å². The fourth-order valence-electron chi connectivity index (χ4n) is 3.10. The number of benzene rings is 3. The van der Waals surface area contributed by atoms with Gasteiger partial charge < -0.3 is 4.84 Å². The van der Waals surface area contributed by atoms with Crippen LogP contribution in [0.2, 0.25) is 5.02 Å². The van der Waals surface area contributed by atoms with Crippen LogP contribution >= 0.6 is 27.5 Å². The number of nitro groups is 1. The molecule has 0 radical (unpaired) electrons. The molecule has 33 heavy (non-hydrogen) atoms. The Hall–Kier alpha value is -3.76. The van der Waals surface area contributed by atoms with E-state index in [-0.39, 0.29) is 18.1 Å². The average molecular weight is 529 g/mol. The molecular formula is C22H15BrClN5O4. The summed E-state index contributed by atoms with van der Waals surface area (Å²) >= 11 is 9.69. The van der Waals surface area contributed by atoms with E-state index in [4.69, 9.17) is 16.4 Å². The van der Waals surface area contributed by atoms with Crippen molar-refractivity contribution >= 4 is 62.2 Å². The number of amides is 1. The molecule has 1 aliphatic rings. The average Bonchev–Trinajstić information content (AvgIpc) is 2.97. The van der Waals surface area contributed by atoms with Gasteiger partial charge in [0.05, 0.1) is 16.3 Å². The SMILES string of the molecule is O=C(Nc1cccc(Br)c1)ONC1=Nc2ccc([N+](=O)[O-])cc2C(c2ccccc2Cl)=NC1. The number of hydrogen-bond acceptors (Lipinski definition) is 7. The molecule has 1 heterocycles. The third-order valence-electron chi connectivity index (χ3n) is 4.55. The maximum atomic E-state index is 12.2. The van der Waals surface area contributed by atoms with Gasteiger partial charge in [-0.3, -0.25) is 20.4 Å². The van der Waals surface area contributed by atoms with E-state index >= 15 is 0 Å². The molecule has 0 aromatic heterocycles. The van der Waals surface area contributed by atoms with E-state index in [1.54, 1.807) is 42.5 Å². The Kier molecular flexibility index (Phi) is 6.66. The quantitative estimate of drug-likeness (QED) is 0.337. The summed E-state index contributed by atoms with van der Waals surface area (Å²) in [6.45, 7) is 0.0210. The summed E-state index contributed by atoms with van der Waals surface area (Å²) in [7, 11) is 0. The minimum Gasteiger partial charge on any atom is -0.323 e. The van der Waals surface area contributed by atoms with Gasteiger partial charge in [0.25, 0.3) is 5.69 Å². The molecule has 4 rings (SSSR count). The summed E-state index contributed by atoms with van der Waals surface area (Å²) in [5.74, 6) is 0.233. The van der Waals surface area contributed by atoms with E-state index in [1.165, 1.54) is 18.2 Å². The molecule has 0 fully saturated rings. The van der Waals surface area contributed by atoms with Crippen LogP contribution in [0.15, 0.2) is 81.2 Å². The number of halogens is 2. The Labute approximate surface area is 201 Å². The standard InChI is InChI=1S/C22H15BrClN5O4/c23-13-4-3-5-14(10-13)26-22(30)33-28-20-12-25-21(16-6-1-2-7-18(16)24)17-11-15(29(31)32)8-9-19(17)27-20/h1-11H,12H2,(H,26,30)(H,27,28). The monoisotopic (exact) mass is 527 g/mol. The van der Waals surface area contributed by atoms with Crippen LogP contribution in [0.5, 0.6) is 0 Å². The highest BCUT2D eigenvalue weighted by Gasteiger charge is 2.21. The molecule has 1 amide bonds. The maximum Gasteiger partial charge on any atom is 0.435 e. The van der Waals surface area contributed by atoms with Crippen molar-refractivity contribution in [3.05, 3.63) is 97.5 Å². The third-order valence-corrected chi connectivity index (χ3v) is 5.37. The van der Waals surface area contributed by atoms with Crippen molar-refractivity contribution in [2.24, 2.45) is 9.98 Å². The molecule has 0 bridgehead atoms. The summed E-state index contributed by atoms with van der Waals surface area (Å²) < 4.78 is 0.800. The van der Waals surface area contributed by atoms with Crippen LogP contribution in [0.3, 0.4) is 0 Å². The van der Waals surface area contributed by atoms with Crippen molar-refractivity contribution < 1.29 is 14.6 Å². The first-order chi connectivity index (χ1) is 15.9. The van der Waals surface area contributed by atoms with Gasteiger partial charge in [-0.1, -0.05) is 51.8 Å². The topological polar surface area (TPSA) is 118 Å². The minimum atomic E-state index is -0.751. The fourth-order valence-corrected chi connectivity index (χ4v) is 3.72. The Morgan fingerprint density at radius 3 is 2.67 bits per heavy atom. The number of carbonyl (C=O) groups excluding carboxylic acids is 1. The molecule has 0 aliphatic carbocycles. The highest BCUT2D eigenvalue weighted by atomic mass is 79.9. The highest BCUT2D eigenvalue weighted by molar-refractivity contribution is 9.10. The lowest BCUT2D eigenvalue weighted by Gasteiger charge is -2.09. The summed E-state index contributed by atoms with van der Waals surface area (Å²) in [4.78, 5) is 37.1. The van der Waals surface area contributed by atoms with Crippen LogP contribution in [0.1, 0.15) is 11.1 Å². The Balaban J connectivity index is 1.60. The first-order valence-electron chi connectivity index (χ1n) is 9.56. The number of non-ortho nitro benzene ring substituents is 1. The normalized spacial score (nSPS) is 12.5. The van der Waals surface area contributed by atoms with Gasteiger partial charge in [-0.2, -0.15) is 0 Å². The lowest BCUT2D eigenvalue weighted by molar-refractivity contribution is -0.384. The van der Waals surface area contributed by atoms with E-state index in [1.807, 2.05) is 6.07 Å². The maximum absolute atomic E-state index is 12.2. The molecule has 0 saturated carbocycles. The molecule has 0 spiro atoms. The second-order valence-corrected chi connectivity index (χ2v) is 8.11. The van der Waals surface area contributed by atoms with Crippen LogP contribution < -0.4 is 10.8 Å². The van der Waals surface area contributed by atoms with Gasteiger partial charge in [0, 0.05) is 38.4 Å². The number of nitrogens with one attached hydrogen (secondary N) is 2. The predicted octanol–water partition coefficient (Wildman–Crippen LogP) is 5.65. The summed E-state index contributed by atoms with van der Waals surface area (Å²) in [5.41, 5.74) is 4.84. The highest BCUT2D eigenvalue weighted by Crippen LogP contribution is 2.31. The number of fused-ring (bicyclic) bond motifs is 1. The van der Waals surface area contributed by atoms with Gasteiger partial charge in [0.2, 0.25) is 0 Å². The second kappa shape index (κ2) is 9.80. The molecular weight excluding hydrogens is 514 g/mol. The first-order valence-corrected chi connectivity index (χ1v) is 10.7. The summed E-state index contributed by atoms with van der Waals surface area (Å²) in [6.07, 6.45) is -0.751. The van der Waals surface area contributed by atoms with Crippen molar-refractivity contribution in [3.8, 4) is 0 Å². The molecule has 0 unspecified atom stereocenters. The number of hydroxylamine groups is 1. The number of aliphatic imine (C=N–C) groups is 2. The van der Waals surface area contributed by atoms with Gasteiger partial charge in [-0.25, -0.2) is 15.3 Å². The zero-order valence-electron chi connectivity index (χ0n) is 16.8. The number of hydrogen-bond donors (Lipinski definition) is 2. The Morgan fingerprint density at radius 1 is 1.09 bits per heavy atom. The number of nitrogens with zero attached hydrogens (tertiary/aromatic N) is 3. The van der Waals surface area contributed by atoms with Gasteiger partial charge in [0.15, 0.2) is 5.84 Å². The molecule has 166 valence electrons. The van der Waals surface area contributed by atoms with Crippen molar-refractivity contribution in [1.82, 2.24) is 5.48 Å². The van der Waals surface area contributed by atoms with Gasteiger partial charge in [-0.15, -0.1) is 0 Å². The Morgan fingerprint density at radius 2 is 1.91 bits per heavy atom. The van der Waals surface area contributed by atoms with Crippen molar-refractivity contribution in [1.29, 1.82) is 0 Å². The minimum absolute atomic E-state index is 0.0210. The Bertz CT molecular complexity index is 1310. The number of nitro benzene ring substituents is 1. The van der Waals surface area contributed by atoms with Gasteiger partial charge in [0.1, 0.15) is 6.54 Å². The smallest absolute Gasteiger partial charge is 0.323 e. The molecule has 9 nitrogen and oxygen atoms in total. The third kappa shape index (κ3) is 5.36. The van der Waals surface area contributed by atoms with Crippen LogP contribution in [0.4, 0.5) is 21.9 Å². The van der Waals surface area contributed by atoms with Crippen molar-refractivity contribution in [3.63, 3.8) is 0 Å². The van der Waals surface area contributed by atoms with E-state index in [2.05, 4.69) is 36.7 Å². The summed E-state index contributed by atoms with van der Waals surface area (Å²) in [6, 6.07) is 18.3. The molecule has 11 heteroatoms.